The maximum atomic E-state index is 13.6. The maximum Gasteiger partial charge on any atom is 0.347 e. The van der Waals surface area contributed by atoms with Crippen LogP contribution < -0.4 is 10.2 Å². The van der Waals surface area contributed by atoms with Crippen LogP contribution in [0.1, 0.15) is 34.1 Å². The molecule has 0 bridgehead atoms. The van der Waals surface area contributed by atoms with Gasteiger partial charge in [-0.15, -0.1) is 0 Å². The number of anilines is 2. The highest BCUT2D eigenvalue weighted by Gasteiger charge is 2.55. The van der Waals surface area contributed by atoms with Crippen molar-refractivity contribution in [2.75, 3.05) is 16.8 Å². The highest BCUT2D eigenvalue weighted by Crippen LogP contribution is 2.40. The summed E-state index contributed by atoms with van der Waals surface area (Å²) in [6.45, 7) is 8.15. The predicted molar refractivity (Wildman–Crippen MR) is 137 cm³/mol. The normalized spacial score (nSPS) is 17.5. The van der Waals surface area contributed by atoms with E-state index in [0.717, 1.165) is 6.42 Å². The number of hydrogen-bond acceptors (Lipinski definition) is 3. The lowest BCUT2D eigenvalue weighted by Crippen LogP contribution is -2.58. The minimum absolute atomic E-state index is 0.244. The lowest BCUT2D eigenvalue weighted by atomic mass is 9.98. The number of carbonyl (C=O) groups excluding carboxylic acids is 2. The molecule has 0 aromatic heterocycles. The van der Waals surface area contributed by atoms with Crippen molar-refractivity contribution in [3.8, 4) is 0 Å². The molecule has 1 aliphatic heterocycles. The molecule has 11 heteroatoms. The smallest absolute Gasteiger partial charge is 0.315 e. The van der Waals surface area contributed by atoms with Gasteiger partial charge in [0, 0.05) is 17.9 Å². The van der Waals surface area contributed by atoms with Crippen molar-refractivity contribution >= 4 is 69.8 Å². The van der Waals surface area contributed by atoms with Gasteiger partial charge in [0.1, 0.15) is 0 Å². The largest absolute Gasteiger partial charge is 0.347 e. The van der Waals surface area contributed by atoms with Crippen LogP contribution >= 0.6 is 46.4 Å². The zero-order valence-electron chi connectivity index (χ0n) is 19.2. The number of benzene rings is 2. The standard InChI is InChI=1S/C23H26Cl4N4O3/c1-13(2)9-10-29-22(33)30(15-6-8-17(25)19(27)12-15)20(23(29,3)4)31(34)21(32)28-14-5-7-16(24)18(26)11-14/h5-8,11-13,20,34H,9-10H2,1-4H3,(H,28,32)/t20-/m0/s1. The minimum Gasteiger partial charge on any atom is -0.315 e. The van der Waals surface area contributed by atoms with Crippen molar-refractivity contribution in [3.05, 3.63) is 56.5 Å². The van der Waals surface area contributed by atoms with Crippen LogP contribution in [0.15, 0.2) is 36.4 Å². The summed E-state index contributed by atoms with van der Waals surface area (Å²) in [5, 5.41) is 15.3. The van der Waals surface area contributed by atoms with Gasteiger partial charge in [-0.25, -0.2) is 9.59 Å². The van der Waals surface area contributed by atoms with Gasteiger partial charge in [-0.2, -0.15) is 5.06 Å². The molecule has 1 atom stereocenters. The number of carbonyl (C=O) groups is 2. The van der Waals surface area contributed by atoms with Gasteiger partial charge in [0.2, 0.25) is 0 Å². The van der Waals surface area contributed by atoms with Crippen molar-refractivity contribution in [2.24, 2.45) is 5.92 Å². The molecule has 0 aliphatic carbocycles. The summed E-state index contributed by atoms with van der Waals surface area (Å²) in [6.07, 6.45) is -0.329. The van der Waals surface area contributed by atoms with E-state index in [0.29, 0.717) is 38.9 Å². The molecule has 2 aromatic carbocycles. The number of hydrogen-bond donors (Lipinski definition) is 2. The fraction of sp³-hybridized carbons (Fsp3) is 0.391. The number of halogens is 4. The van der Waals surface area contributed by atoms with Crippen LogP contribution in [0.5, 0.6) is 0 Å². The van der Waals surface area contributed by atoms with E-state index in [9.17, 15) is 14.8 Å². The Morgan fingerprint density at radius 3 is 2.21 bits per heavy atom. The van der Waals surface area contributed by atoms with Crippen molar-refractivity contribution in [1.29, 1.82) is 0 Å². The first kappa shape index (κ1) is 26.7. The van der Waals surface area contributed by atoms with Crippen LogP contribution in [-0.2, 0) is 0 Å². The first-order chi connectivity index (χ1) is 15.8. The second-order valence-corrected chi connectivity index (χ2v) is 10.6. The Morgan fingerprint density at radius 2 is 1.65 bits per heavy atom. The Morgan fingerprint density at radius 1 is 1.06 bits per heavy atom. The fourth-order valence-electron chi connectivity index (χ4n) is 3.87. The summed E-state index contributed by atoms with van der Waals surface area (Å²) < 4.78 is 0. The Labute approximate surface area is 219 Å². The van der Waals surface area contributed by atoms with E-state index < -0.39 is 17.7 Å². The van der Waals surface area contributed by atoms with Crippen molar-refractivity contribution in [1.82, 2.24) is 9.96 Å². The molecular weight excluding hydrogens is 522 g/mol. The van der Waals surface area contributed by atoms with Crippen molar-refractivity contribution < 1.29 is 14.8 Å². The van der Waals surface area contributed by atoms with E-state index in [1.165, 1.54) is 23.1 Å². The highest BCUT2D eigenvalue weighted by molar-refractivity contribution is 6.42. The van der Waals surface area contributed by atoms with E-state index in [4.69, 9.17) is 46.4 Å². The second kappa shape index (κ2) is 10.4. The van der Waals surface area contributed by atoms with Crippen LogP contribution in [0, 0.1) is 5.92 Å². The zero-order chi connectivity index (χ0) is 25.4. The SMILES string of the molecule is CC(C)CCN1C(=O)N(c2ccc(Cl)c(Cl)c2)[C@@H](N(O)C(=O)Nc2ccc(Cl)c(Cl)c2)C1(C)C. The molecule has 184 valence electrons. The van der Waals surface area contributed by atoms with Gasteiger partial charge >= 0.3 is 12.1 Å². The first-order valence-corrected chi connectivity index (χ1v) is 12.2. The third-order valence-corrected chi connectivity index (χ3v) is 7.21. The number of nitrogens with one attached hydrogen (secondary N) is 1. The van der Waals surface area contributed by atoms with Gasteiger partial charge in [-0.3, -0.25) is 10.1 Å². The molecular formula is C23H26Cl4N4O3. The van der Waals surface area contributed by atoms with Crippen molar-refractivity contribution in [3.63, 3.8) is 0 Å². The van der Waals surface area contributed by atoms with E-state index in [-0.39, 0.29) is 16.1 Å². The zero-order valence-corrected chi connectivity index (χ0v) is 22.2. The molecule has 7 nitrogen and oxygen atoms in total. The molecule has 4 amide bonds. The fourth-order valence-corrected chi connectivity index (χ4v) is 4.46. The quantitative estimate of drug-likeness (QED) is 0.288. The molecule has 34 heavy (non-hydrogen) atoms. The molecule has 0 saturated carbocycles. The average molecular weight is 548 g/mol. The van der Waals surface area contributed by atoms with Gasteiger partial charge in [0.05, 0.1) is 25.6 Å². The summed E-state index contributed by atoms with van der Waals surface area (Å²) in [5.41, 5.74) is -0.230. The third-order valence-electron chi connectivity index (χ3n) is 5.73. The lowest BCUT2D eigenvalue weighted by Gasteiger charge is -2.38. The van der Waals surface area contributed by atoms with E-state index in [2.05, 4.69) is 19.2 Å². The number of hydroxylamine groups is 2. The Balaban J connectivity index is 1.99. The molecule has 3 rings (SSSR count). The van der Waals surface area contributed by atoms with Crippen LogP contribution in [0.3, 0.4) is 0 Å². The third kappa shape index (κ3) is 5.34. The second-order valence-electron chi connectivity index (χ2n) is 9.02. The molecule has 1 saturated heterocycles. The number of amides is 4. The van der Waals surface area contributed by atoms with Crippen LogP contribution in [0.2, 0.25) is 20.1 Å². The van der Waals surface area contributed by atoms with Gasteiger partial charge in [0.15, 0.2) is 6.17 Å². The summed E-state index contributed by atoms with van der Waals surface area (Å²) >= 11 is 24.3. The van der Waals surface area contributed by atoms with E-state index >= 15 is 0 Å². The molecule has 0 spiro atoms. The van der Waals surface area contributed by atoms with Crippen molar-refractivity contribution in [2.45, 2.75) is 45.8 Å². The number of rotatable bonds is 6. The van der Waals surface area contributed by atoms with E-state index in [1.54, 1.807) is 36.9 Å². The average Bonchev–Trinajstić information content (AvgIpc) is 2.95. The molecule has 0 unspecified atom stereocenters. The summed E-state index contributed by atoms with van der Waals surface area (Å²) in [6, 6.07) is 8.04. The van der Waals surface area contributed by atoms with Gasteiger partial charge in [-0.1, -0.05) is 60.3 Å². The van der Waals surface area contributed by atoms with E-state index in [1.807, 2.05) is 0 Å². The monoisotopic (exact) mass is 546 g/mol. The van der Waals surface area contributed by atoms with Crippen LogP contribution in [0.4, 0.5) is 21.0 Å². The molecule has 2 N–H and O–H groups in total. The lowest BCUT2D eigenvalue weighted by molar-refractivity contribution is -0.0950. The number of nitrogens with zero attached hydrogens (tertiary/aromatic N) is 3. The van der Waals surface area contributed by atoms with Crippen LogP contribution in [0.25, 0.3) is 0 Å². The Hall–Kier alpha value is -1.90. The highest BCUT2D eigenvalue weighted by atomic mass is 35.5. The molecule has 1 heterocycles. The molecule has 0 radical (unpaired) electrons. The van der Waals surface area contributed by atoms with Gasteiger partial charge in [-0.05, 0) is 62.6 Å². The topological polar surface area (TPSA) is 76.1 Å². The van der Waals surface area contributed by atoms with Crippen LogP contribution in [-0.4, -0.2) is 45.5 Å². The maximum absolute atomic E-state index is 13.6. The number of urea groups is 2. The Bertz CT molecular complexity index is 1100. The minimum atomic E-state index is -1.08. The summed E-state index contributed by atoms with van der Waals surface area (Å²) in [4.78, 5) is 29.6. The summed E-state index contributed by atoms with van der Waals surface area (Å²) in [5.74, 6) is 0.351. The summed E-state index contributed by atoms with van der Waals surface area (Å²) in [7, 11) is 0. The predicted octanol–water partition coefficient (Wildman–Crippen LogP) is 7.62. The molecule has 1 fully saturated rings. The molecule has 2 aromatic rings. The van der Waals surface area contributed by atoms with Gasteiger partial charge in [0.25, 0.3) is 0 Å². The first-order valence-electron chi connectivity index (χ1n) is 10.6. The van der Waals surface area contributed by atoms with Gasteiger partial charge < -0.3 is 10.2 Å². The Kier molecular flexibility index (Phi) is 8.15. The molecule has 1 aliphatic rings.